The average Bonchev–Trinajstić information content (AvgIpc) is 2.53. The number of hydrogen-bond donors (Lipinski definition) is 3. The number of imide groups is 1. The van der Waals surface area contributed by atoms with Gasteiger partial charge in [0.15, 0.2) is 0 Å². The quantitative estimate of drug-likeness (QED) is 0.552. The molecule has 9 nitrogen and oxygen atoms in total. The highest BCUT2D eigenvalue weighted by atomic mass is 16.5. The number of nitrogens with one attached hydrogen (secondary N) is 2. The summed E-state index contributed by atoms with van der Waals surface area (Å²) in [6, 6.07) is -0.625. The fraction of sp³-hybridized carbons (Fsp3) is 0.600. The highest BCUT2D eigenvalue weighted by molar-refractivity contribution is 5.95. The Morgan fingerprint density at radius 3 is 2.74 bits per heavy atom. The highest BCUT2D eigenvalue weighted by Crippen LogP contribution is 1.96. The minimum Gasteiger partial charge on any atom is -0.480 e. The van der Waals surface area contributed by atoms with E-state index in [9.17, 15) is 19.2 Å². The normalized spacial score (nSPS) is 15.4. The van der Waals surface area contributed by atoms with Crippen LogP contribution in [-0.4, -0.2) is 66.7 Å². The minimum absolute atomic E-state index is 0.147. The zero-order valence-corrected chi connectivity index (χ0v) is 10.2. The van der Waals surface area contributed by atoms with E-state index < -0.39 is 31.1 Å². The van der Waals surface area contributed by atoms with Crippen LogP contribution in [0.3, 0.4) is 0 Å². The van der Waals surface area contributed by atoms with Gasteiger partial charge in [-0.1, -0.05) is 0 Å². The maximum Gasteiger partial charge on any atom is 0.329 e. The third-order valence-corrected chi connectivity index (χ3v) is 2.30. The van der Waals surface area contributed by atoms with Crippen LogP contribution < -0.4 is 10.6 Å². The summed E-state index contributed by atoms with van der Waals surface area (Å²) in [6.07, 6.45) is 0.178. The molecule has 0 aromatic carbocycles. The van der Waals surface area contributed by atoms with Gasteiger partial charge in [0.2, 0.25) is 5.91 Å². The van der Waals surface area contributed by atoms with Crippen LogP contribution in [0.15, 0.2) is 0 Å². The van der Waals surface area contributed by atoms with Gasteiger partial charge in [-0.05, 0) is 0 Å². The molecule has 0 aromatic heterocycles. The molecule has 0 radical (unpaired) electrons. The molecule has 0 bridgehead atoms. The second-order valence-corrected chi connectivity index (χ2v) is 3.83. The highest BCUT2D eigenvalue weighted by Gasteiger charge is 2.19. The molecule has 0 aliphatic carbocycles. The summed E-state index contributed by atoms with van der Waals surface area (Å²) in [5, 5.41) is 12.9. The topological polar surface area (TPSA) is 125 Å². The van der Waals surface area contributed by atoms with E-state index in [1.54, 1.807) is 0 Å². The zero-order valence-electron chi connectivity index (χ0n) is 10.2. The van der Waals surface area contributed by atoms with Gasteiger partial charge in [0.1, 0.15) is 13.2 Å². The van der Waals surface area contributed by atoms with E-state index in [1.807, 2.05) is 0 Å². The molecule has 106 valence electrons. The van der Waals surface area contributed by atoms with E-state index in [1.165, 1.54) is 4.90 Å². The lowest BCUT2D eigenvalue weighted by Crippen LogP contribution is -2.45. The summed E-state index contributed by atoms with van der Waals surface area (Å²) in [5.74, 6) is -2.07. The van der Waals surface area contributed by atoms with Gasteiger partial charge >= 0.3 is 12.0 Å². The molecule has 0 spiro atoms. The molecular formula is C10H15N3O6. The Labute approximate surface area is 108 Å². The van der Waals surface area contributed by atoms with Crippen molar-refractivity contribution >= 4 is 23.8 Å². The van der Waals surface area contributed by atoms with Gasteiger partial charge in [0.25, 0.3) is 5.91 Å². The molecule has 1 aliphatic rings. The molecule has 0 aromatic rings. The van der Waals surface area contributed by atoms with Gasteiger partial charge in [-0.25, -0.2) is 9.59 Å². The number of rotatable bonds is 4. The lowest BCUT2D eigenvalue weighted by Gasteiger charge is -2.19. The van der Waals surface area contributed by atoms with E-state index in [4.69, 9.17) is 5.11 Å². The molecule has 1 heterocycles. The minimum atomic E-state index is -1.20. The van der Waals surface area contributed by atoms with Crippen LogP contribution in [0.2, 0.25) is 0 Å². The number of carbonyl (C=O) groups excluding carboxylic acids is 3. The molecule has 1 fully saturated rings. The number of ether oxygens (including phenoxy) is 1. The molecule has 1 rings (SSSR count). The first-order chi connectivity index (χ1) is 8.99. The van der Waals surface area contributed by atoms with E-state index in [2.05, 4.69) is 15.4 Å². The molecule has 0 atom stereocenters. The second kappa shape index (κ2) is 7.31. The first kappa shape index (κ1) is 14.9. The van der Waals surface area contributed by atoms with Crippen molar-refractivity contribution in [2.75, 3.05) is 32.8 Å². The van der Waals surface area contributed by atoms with Crippen molar-refractivity contribution in [3.8, 4) is 0 Å². The zero-order chi connectivity index (χ0) is 14.3. The largest absolute Gasteiger partial charge is 0.480 e. The molecule has 0 saturated carbocycles. The summed E-state index contributed by atoms with van der Waals surface area (Å²) >= 11 is 0. The molecule has 1 aliphatic heterocycles. The first-order valence-electron chi connectivity index (χ1n) is 5.64. The fourth-order valence-electron chi connectivity index (χ4n) is 1.44. The van der Waals surface area contributed by atoms with Gasteiger partial charge in [0.05, 0.1) is 0 Å². The molecule has 19 heavy (non-hydrogen) atoms. The predicted molar refractivity (Wildman–Crippen MR) is 61.2 cm³/mol. The fourth-order valence-corrected chi connectivity index (χ4v) is 1.44. The summed E-state index contributed by atoms with van der Waals surface area (Å²) in [6.45, 7) is -0.259. The first-order valence-corrected chi connectivity index (χ1v) is 5.64. The summed E-state index contributed by atoms with van der Waals surface area (Å²) in [7, 11) is 0. The van der Waals surface area contributed by atoms with Crippen LogP contribution >= 0.6 is 0 Å². The van der Waals surface area contributed by atoms with Crippen LogP contribution in [0.5, 0.6) is 0 Å². The summed E-state index contributed by atoms with van der Waals surface area (Å²) in [4.78, 5) is 45.5. The van der Waals surface area contributed by atoms with Crippen LogP contribution in [-0.2, 0) is 19.1 Å². The number of urea groups is 1. The van der Waals surface area contributed by atoms with E-state index in [-0.39, 0.29) is 18.9 Å². The molecule has 9 heteroatoms. The van der Waals surface area contributed by atoms with Crippen LogP contribution in [0, 0.1) is 0 Å². The van der Waals surface area contributed by atoms with Crippen molar-refractivity contribution in [3.63, 3.8) is 0 Å². The Morgan fingerprint density at radius 2 is 2.05 bits per heavy atom. The lowest BCUT2D eigenvalue weighted by atomic mass is 10.4. The Morgan fingerprint density at radius 1 is 1.32 bits per heavy atom. The molecule has 0 unspecified atom stereocenters. The Hall–Kier alpha value is -2.16. The summed E-state index contributed by atoms with van der Waals surface area (Å²) in [5.41, 5.74) is 0. The van der Waals surface area contributed by atoms with Crippen LogP contribution in [0.4, 0.5) is 4.79 Å². The van der Waals surface area contributed by atoms with Gasteiger partial charge in [-0.15, -0.1) is 0 Å². The van der Waals surface area contributed by atoms with Crippen LogP contribution in [0.25, 0.3) is 0 Å². The third kappa shape index (κ3) is 5.82. The Bertz CT molecular complexity index is 383. The van der Waals surface area contributed by atoms with Gasteiger partial charge in [-0.3, -0.25) is 14.9 Å². The average molecular weight is 273 g/mol. The number of nitrogens with zero attached hydrogens (tertiary/aromatic N) is 1. The molecule has 3 N–H and O–H groups in total. The molecular weight excluding hydrogens is 258 g/mol. The van der Waals surface area contributed by atoms with Crippen molar-refractivity contribution in [2.45, 2.75) is 6.42 Å². The van der Waals surface area contributed by atoms with Crippen molar-refractivity contribution in [2.24, 2.45) is 0 Å². The van der Waals surface area contributed by atoms with E-state index in [0.29, 0.717) is 13.1 Å². The molecule has 1 saturated heterocycles. The SMILES string of the molecule is O=C(O)COCC(=O)NC(=O)N1CCNC(=O)CC1. The monoisotopic (exact) mass is 273 g/mol. The third-order valence-electron chi connectivity index (χ3n) is 2.30. The smallest absolute Gasteiger partial charge is 0.329 e. The van der Waals surface area contributed by atoms with Crippen molar-refractivity contribution in [3.05, 3.63) is 0 Å². The second-order valence-electron chi connectivity index (χ2n) is 3.83. The predicted octanol–water partition coefficient (Wildman–Crippen LogP) is -1.85. The number of amides is 4. The van der Waals surface area contributed by atoms with Crippen molar-refractivity contribution in [1.82, 2.24) is 15.5 Å². The lowest BCUT2D eigenvalue weighted by molar-refractivity contribution is -0.143. The number of carboxylic acid groups (broad SMARTS) is 1. The van der Waals surface area contributed by atoms with Gasteiger partial charge in [-0.2, -0.15) is 0 Å². The van der Waals surface area contributed by atoms with Crippen LogP contribution in [0.1, 0.15) is 6.42 Å². The Balaban J connectivity index is 2.31. The standard InChI is InChI=1S/C10H15N3O6/c14-7-1-3-13(4-2-11-7)10(18)12-8(15)5-19-6-9(16)17/h1-6H2,(H,11,14)(H,16,17)(H,12,15,18). The van der Waals surface area contributed by atoms with Gasteiger partial charge < -0.3 is 20.1 Å². The number of hydrogen-bond acceptors (Lipinski definition) is 5. The maximum atomic E-state index is 11.6. The van der Waals surface area contributed by atoms with E-state index >= 15 is 0 Å². The Kier molecular flexibility index (Phi) is 5.73. The maximum absolute atomic E-state index is 11.6. The van der Waals surface area contributed by atoms with E-state index in [0.717, 1.165) is 0 Å². The van der Waals surface area contributed by atoms with Gasteiger partial charge in [0, 0.05) is 26.1 Å². The van der Waals surface area contributed by atoms with Crippen molar-refractivity contribution in [1.29, 1.82) is 0 Å². The molecule has 4 amide bonds. The number of aliphatic carboxylic acids is 1. The number of carbonyl (C=O) groups is 4. The summed E-state index contributed by atoms with van der Waals surface area (Å²) < 4.78 is 4.54. The number of carboxylic acids is 1. The van der Waals surface area contributed by atoms with Crippen molar-refractivity contribution < 1.29 is 29.0 Å².